The molecule has 52 heavy (non-hydrogen) atoms. The zero-order valence-corrected chi connectivity index (χ0v) is 29.4. The highest BCUT2D eigenvalue weighted by atomic mass is 15.1. The van der Waals surface area contributed by atoms with Gasteiger partial charge in [-0.2, -0.15) is 0 Å². The summed E-state index contributed by atoms with van der Waals surface area (Å²) in [5.41, 5.74) is 17.6. The summed E-state index contributed by atoms with van der Waals surface area (Å²) in [5.74, 6) is 0. The normalized spacial score (nSPS) is 16.0. The molecular weight excluding hydrogens is 631 g/mol. The van der Waals surface area contributed by atoms with E-state index in [4.69, 9.17) is 0 Å². The molecule has 0 fully saturated rings. The monoisotopic (exact) mass is 669 g/mol. The average Bonchev–Trinajstić information content (AvgIpc) is 3.66. The lowest BCUT2D eigenvalue weighted by Gasteiger charge is -2.27. The Morgan fingerprint density at radius 1 is 0.519 bits per heavy atom. The predicted octanol–water partition coefficient (Wildman–Crippen LogP) is 11.7. The van der Waals surface area contributed by atoms with Gasteiger partial charge in [-0.3, -0.25) is 5.32 Å². The Labute approximate surface area is 304 Å². The van der Waals surface area contributed by atoms with Crippen LogP contribution in [0.1, 0.15) is 42.3 Å². The van der Waals surface area contributed by atoms with Crippen molar-refractivity contribution in [3.8, 4) is 39.1 Å². The summed E-state index contributed by atoms with van der Waals surface area (Å²) >= 11 is 0. The maximum Gasteiger partial charge on any atom is 0.103 e. The van der Waals surface area contributed by atoms with Gasteiger partial charge in [0, 0.05) is 34.1 Å². The Kier molecular flexibility index (Phi) is 7.06. The molecule has 3 heteroatoms. The molecule has 1 atom stereocenters. The Morgan fingerprint density at radius 2 is 1.15 bits per heavy atom. The zero-order valence-electron chi connectivity index (χ0n) is 29.4. The summed E-state index contributed by atoms with van der Waals surface area (Å²) in [5, 5.41) is 9.82. The SMILES string of the molecule is CC1(C)c2ccccc2-c2ccc(-c3ccc(-c4ccc5c(c4)c4ccccc4n5-c4ccc(C5NCC=C(c6ccccc6)N5)cc4)cc3)cc21. The summed E-state index contributed by atoms with van der Waals surface area (Å²) in [6.07, 6.45) is 2.27. The molecule has 0 saturated heterocycles. The lowest BCUT2D eigenvalue weighted by Crippen LogP contribution is -2.37. The second kappa shape index (κ2) is 12.0. The first-order valence-corrected chi connectivity index (χ1v) is 18.3. The van der Waals surface area contributed by atoms with Gasteiger partial charge in [0.05, 0.1) is 11.0 Å². The van der Waals surface area contributed by atoms with Crippen LogP contribution in [0.3, 0.4) is 0 Å². The minimum atomic E-state index is -0.00744. The summed E-state index contributed by atoms with van der Waals surface area (Å²) in [7, 11) is 0. The summed E-state index contributed by atoms with van der Waals surface area (Å²) in [6.45, 7) is 5.51. The van der Waals surface area contributed by atoms with Crippen LogP contribution in [0.5, 0.6) is 0 Å². The highest BCUT2D eigenvalue weighted by Gasteiger charge is 2.35. The predicted molar refractivity (Wildman–Crippen MR) is 218 cm³/mol. The highest BCUT2D eigenvalue weighted by molar-refractivity contribution is 6.10. The molecule has 0 radical (unpaired) electrons. The van der Waals surface area contributed by atoms with Crippen LogP contribution in [0.2, 0.25) is 0 Å². The lowest BCUT2D eigenvalue weighted by atomic mass is 9.81. The molecule has 1 aromatic heterocycles. The van der Waals surface area contributed by atoms with Crippen molar-refractivity contribution in [3.63, 3.8) is 0 Å². The van der Waals surface area contributed by atoms with Gasteiger partial charge in [-0.05, 0) is 98.1 Å². The van der Waals surface area contributed by atoms with Gasteiger partial charge in [0.1, 0.15) is 6.17 Å². The first kappa shape index (κ1) is 30.6. The molecule has 2 N–H and O–H groups in total. The molecule has 250 valence electrons. The number of aromatic nitrogens is 1. The van der Waals surface area contributed by atoms with Gasteiger partial charge in [-0.1, -0.05) is 141 Å². The van der Waals surface area contributed by atoms with Crippen LogP contribution in [0.4, 0.5) is 0 Å². The maximum atomic E-state index is 3.69. The Hall–Kier alpha value is -6.16. The number of para-hydroxylation sites is 1. The number of hydrogen-bond donors (Lipinski definition) is 2. The molecule has 2 aliphatic rings. The van der Waals surface area contributed by atoms with E-state index in [1.165, 1.54) is 83.1 Å². The molecule has 10 rings (SSSR count). The quantitative estimate of drug-likeness (QED) is 0.191. The van der Waals surface area contributed by atoms with Crippen LogP contribution in [-0.4, -0.2) is 11.1 Å². The Balaban J connectivity index is 0.953. The van der Waals surface area contributed by atoms with Crippen molar-refractivity contribution in [1.29, 1.82) is 0 Å². The van der Waals surface area contributed by atoms with Crippen LogP contribution >= 0.6 is 0 Å². The van der Waals surface area contributed by atoms with Crippen molar-refractivity contribution < 1.29 is 0 Å². The summed E-state index contributed by atoms with van der Waals surface area (Å²) in [4.78, 5) is 0. The van der Waals surface area contributed by atoms with E-state index in [-0.39, 0.29) is 11.6 Å². The zero-order chi connectivity index (χ0) is 34.8. The largest absolute Gasteiger partial charge is 0.366 e. The molecule has 0 spiro atoms. The Bertz CT molecular complexity index is 2660. The standard InChI is InChI=1S/C49H39N3/c1-49(2)43-14-8-6-12-39(43)40-26-22-37(31-44(40)49)33-18-16-32(17-19-33)36-23-27-47-42(30-36)41-13-7-9-15-46(41)52(47)38-24-20-35(21-25-38)48-50-29-28-45(51-48)34-10-4-3-5-11-34/h3-28,30-31,48,50-51H,29H2,1-2H3. The van der Waals surface area contributed by atoms with E-state index in [2.05, 4.69) is 199 Å². The molecule has 1 unspecified atom stereocenters. The molecule has 2 heterocycles. The van der Waals surface area contributed by atoms with E-state index in [9.17, 15) is 0 Å². The van der Waals surface area contributed by atoms with Crippen LogP contribution in [0.15, 0.2) is 170 Å². The number of hydrogen-bond acceptors (Lipinski definition) is 2. The van der Waals surface area contributed by atoms with Gasteiger partial charge < -0.3 is 9.88 Å². The van der Waals surface area contributed by atoms with Gasteiger partial charge in [0.15, 0.2) is 0 Å². The molecule has 7 aromatic carbocycles. The van der Waals surface area contributed by atoms with E-state index in [1.54, 1.807) is 0 Å². The fraction of sp³-hybridized carbons (Fsp3) is 0.102. The van der Waals surface area contributed by atoms with Crippen molar-refractivity contribution in [3.05, 3.63) is 192 Å². The highest BCUT2D eigenvalue weighted by Crippen LogP contribution is 2.49. The number of fused-ring (bicyclic) bond motifs is 6. The fourth-order valence-corrected chi connectivity index (χ4v) is 8.55. The molecule has 0 amide bonds. The molecule has 1 aliphatic carbocycles. The molecule has 0 bridgehead atoms. The van der Waals surface area contributed by atoms with Crippen LogP contribution < -0.4 is 10.6 Å². The molecular formula is C49H39N3. The first-order chi connectivity index (χ1) is 25.5. The summed E-state index contributed by atoms with van der Waals surface area (Å²) < 4.78 is 2.39. The number of rotatable bonds is 5. The van der Waals surface area contributed by atoms with E-state index in [0.717, 1.165) is 12.2 Å². The molecule has 8 aromatic rings. The van der Waals surface area contributed by atoms with Gasteiger partial charge >= 0.3 is 0 Å². The third-order valence-corrected chi connectivity index (χ3v) is 11.3. The van der Waals surface area contributed by atoms with Crippen molar-refractivity contribution >= 4 is 27.5 Å². The van der Waals surface area contributed by atoms with Crippen LogP contribution in [0, 0.1) is 0 Å². The third-order valence-electron chi connectivity index (χ3n) is 11.3. The van der Waals surface area contributed by atoms with Crippen LogP contribution in [0.25, 0.3) is 66.6 Å². The van der Waals surface area contributed by atoms with Crippen molar-refractivity contribution in [2.75, 3.05) is 6.54 Å². The fourth-order valence-electron chi connectivity index (χ4n) is 8.55. The van der Waals surface area contributed by atoms with Gasteiger partial charge in [0.2, 0.25) is 0 Å². The minimum Gasteiger partial charge on any atom is -0.366 e. The topological polar surface area (TPSA) is 29.0 Å². The second-order valence-corrected chi connectivity index (χ2v) is 14.7. The number of benzene rings is 7. The Morgan fingerprint density at radius 3 is 1.96 bits per heavy atom. The minimum absolute atomic E-state index is 0.00744. The third kappa shape index (κ3) is 4.92. The van der Waals surface area contributed by atoms with E-state index in [1.807, 2.05) is 0 Å². The van der Waals surface area contributed by atoms with E-state index < -0.39 is 0 Å². The average molecular weight is 670 g/mol. The molecule has 3 nitrogen and oxygen atoms in total. The van der Waals surface area contributed by atoms with Crippen LogP contribution in [-0.2, 0) is 5.41 Å². The van der Waals surface area contributed by atoms with Gasteiger partial charge in [-0.15, -0.1) is 0 Å². The molecule has 1 aliphatic heterocycles. The van der Waals surface area contributed by atoms with Gasteiger partial charge in [-0.25, -0.2) is 0 Å². The smallest absolute Gasteiger partial charge is 0.103 e. The van der Waals surface area contributed by atoms with Crippen molar-refractivity contribution in [2.45, 2.75) is 25.4 Å². The van der Waals surface area contributed by atoms with E-state index in [0.29, 0.717) is 0 Å². The van der Waals surface area contributed by atoms with Crippen molar-refractivity contribution in [1.82, 2.24) is 15.2 Å². The van der Waals surface area contributed by atoms with E-state index >= 15 is 0 Å². The second-order valence-electron chi connectivity index (χ2n) is 14.7. The van der Waals surface area contributed by atoms with Gasteiger partial charge in [0.25, 0.3) is 0 Å². The summed E-state index contributed by atoms with van der Waals surface area (Å²) in [6, 6.07) is 60.1. The number of nitrogens with one attached hydrogen (secondary N) is 2. The molecule has 0 saturated carbocycles. The maximum absolute atomic E-state index is 3.69. The first-order valence-electron chi connectivity index (χ1n) is 18.3. The number of nitrogens with zero attached hydrogens (tertiary/aromatic N) is 1. The van der Waals surface area contributed by atoms with Crippen molar-refractivity contribution in [2.24, 2.45) is 0 Å². The lowest BCUT2D eigenvalue weighted by molar-refractivity contribution is 0.509.